The van der Waals surface area contributed by atoms with E-state index in [0.29, 0.717) is 30.6 Å². The molecule has 188 valence electrons. The SMILES string of the molecule is Cn1nc(-c2ccccc2)c(CN(CC(O)COC(C)(C)C)CC2CC2)c1Oc1ccc(F)cc1. The minimum Gasteiger partial charge on any atom is -0.439 e. The van der Waals surface area contributed by atoms with Gasteiger partial charge in [-0.25, -0.2) is 9.07 Å². The molecular weight excluding hydrogens is 445 g/mol. The number of nitrogens with zero attached hydrogens (tertiary/aromatic N) is 3. The van der Waals surface area contributed by atoms with Crippen LogP contribution >= 0.6 is 0 Å². The second-order valence-electron chi connectivity index (χ2n) is 10.4. The quantitative estimate of drug-likeness (QED) is 0.397. The van der Waals surface area contributed by atoms with E-state index < -0.39 is 6.10 Å². The van der Waals surface area contributed by atoms with E-state index in [0.717, 1.165) is 23.4 Å². The van der Waals surface area contributed by atoms with Crippen molar-refractivity contribution in [3.05, 3.63) is 66.0 Å². The molecule has 1 heterocycles. The second-order valence-corrected chi connectivity index (χ2v) is 10.4. The molecule has 6 nitrogen and oxygen atoms in total. The number of halogens is 1. The molecular formula is C28H36FN3O3. The fraction of sp³-hybridized carbons (Fsp3) is 0.464. The lowest BCUT2D eigenvalue weighted by molar-refractivity contribution is -0.0569. The Balaban J connectivity index is 1.63. The maximum atomic E-state index is 13.5. The van der Waals surface area contributed by atoms with Gasteiger partial charge in [-0.3, -0.25) is 4.90 Å². The van der Waals surface area contributed by atoms with Crippen LogP contribution in [0.5, 0.6) is 11.6 Å². The van der Waals surface area contributed by atoms with Crippen molar-refractivity contribution < 1.29 is 19.0 Å². The lowest BCUT2D eigenvalue weighted by Gasteiger charge is -2.27. The zero-order valence-electron chi connectivity index (χ0n) is 21.1. The Morgan fingerprint density at radius 1 is 1.11 bits per heavy atom. The summed E-state index contributed by atoms with van der Waals surface area (Å²) in [4.78, 5) is 2.27. The number of rotatable bonds is 11. The third-order valence-electron chi connectivity index (χ3n) is 5.94. The van der Waals surface area contributed by atoms with Crippen molar-refractivity contribution in [1.82, 2.24) is 14.7 Å². The maximum absolute atomic E-state index is 13.5. The summed E-state index contributed by atoms with van der Waals surface area (Å²) in [6.45, 7) is 8.20. The number of aliphatic hydroxyl groups excluding tert-OH is 1. The van der Waals surface area contributed by atoms with E-state index >= 15 is 0 Å². The maximum Gasteiger partial charge on any atom is 0.222 e. The minimum atomic E-state index is -0.605. The molecule has 0 radical (unpaired) electrons. The van der Waals surface area contributed by atoms with Gasteiger partial charge in [-0.2, -0.15) is 5.10 Å². The number of aryl methyl sites for hydroxylation is 1. The van der Waals surface area contributed by atoms with Crippen LogP contribution in [0.1, 0.15) is 39.2 Å². The van der Waals surface area contributed by atoms with E-state index in [1.165, 1.54) is 25.0 Å². The predicted octanol–water partition coefficient (Wildman–Crippen LogP) is 5.41. The van der Waals surface area contributed by atoms with E-state index in [4.69, 9.17) is 14.6 Å². The van der Waals surface area contributed by atoms with Crippen LogP contribution in [0.2, 0.25) is 0 Å². The molecule has 1 fully saturated rings. The van der Waals surface area contributed by atoms with Crippen LogP contribution in [0, 0.1) is 11.7 Å². The number of ether oxygens (including phenoxy) is 2. The van der Waals surface area contributed by atoms with Gasteiger partial charge in [0.2, 0.25) is 5.88 Å². The summed E-state index contributed by atoms with van der Waals surface area (Å²) in [5.41, 5.74) is 2.47. The van der Waals surface area contributed by atoms with Gasteiger partial charge < -0.3 is 14.6 Å². The van der Waals surface area contributed by atoms with E-state index in [1.54, 1.807) is 16.8 Å². The van der Waals surface area contributed by atoms with Crippen molar-refractivity contribution in [3.8, 4) is 22.9 Å². The molecule has 0 bridgehead atoms. The van der Waals surface area contributed by atoms with Crippen molar-refractivity contribution in [1.29, 1.82) is 0 Å². The molecule has 0 spiro atoms. The highest BCUT2D eigenvalue weighted by molar-refractivity contribution is 5.65. The zero-order chi connectivity index (χ0) is 25.0. The highest BCUT2D eigenvalue weighted by Crippen LogP contribution is 2.36. The molecule has 1 saturated carbocycles. The van der Waals surface area contributed by atoms with Crippen LogP contribution in [0.4, 0.5) is 4.39 Å². The lowest BCUT2D eigenvalue weighted by atomic mass is 10.1. The van der Waals surface area contributed by atoms with Crippen LogP contribution in [0.25, 0.3) is 11.3 Å². The molecule has 1 unspecified atom stereocenters. The molecule has 2 aromatic carbocycles. The standard InChI is InChI=1S/C28H36FN3O3/c1-28(2,3)34-19-23(33)17-32(16-20-10-11-20)18-25-26(21-8-6-5-7-9-21)30-31(4)27(25)35-24-14-12-22(29)13-15-24/h5-9,12-15,20,23,33H,10-11,16-19H2,1-4H3. The normalized spacial score (nSPS) is 14.9. The van der Waals surface area contributed by atoms with Gasteiger partial charge in [-0.05, 0) is 63.8 Å². The first-order valence-electron chi connectivity index (χ1n) is 12.3. The van der Waals surface area contributed by atoms with Gasteiger partial charge in [-0.1, -0.05) is 30.3 Å². The van der Waals surface area contributed by atoms with Gasteiger partial charge in [0.15, 0.2) is 0 Å². The van der Waals surface area contributed by atoms with Crippen LogP contribution in [-0.2, 0) is 18.3 Å². The Hall–Kier alpha value is -2.74. The van der Waals surface area contributed by atoms with Crippen LogP contribution in [0.15, 0.2) is 54.6 Å². The molecule has 1 N–H and O–H groups in total. The monoisotopic (exact) mass is 481 g/mol. The molecule has 1 atom stereocenters. The highest BCUT2D eigenvalue weighted by Gasteiger charge is 2.29. The first-order valence-corrected chi connectivity index (χ1v) is 12.3. The average Bonchev–Trinajstić information content (AvgIpc) is 3.58. The summed E-state index contributed by atoms with van der Waals surface area (Å²) in [5, 5.41) is 15.6. The van der Waals surface area contributed by atoms with Gasteiger partial charge in [0, 0.05) is 32.2 Å². The summed E-state index contributed by atoms with van der Waals surface area (Å²) in [7, 11) is 1.85. The Morgan fingerprint density at radius 2 is 1.80 bits per heavy atom. The topological polar surface area (TPSA) is 59.8 Å². The lowest BCUT2D eigenvalue weighted by Crippen LogP contribution is -2.37. The fourth-order valence-electron chi connectivity index (χ4n) is 4.05. The largest absolute Gasteiger partial charge is 0.439 e. The highest BCUT2D eigenvalue weighted by atomic mass is 19.1. The molecule has 1 aliphatic carbocycles. The first-order chi connectivity index (χ1) is 16.7. The molecule has 3 aromatic rings. The number of aliphatic hydroxyl groups is 1. The molecule has 0 aliphatic heterocycles. The summed E-state index contributed by atoms with van der Waals surface area (Å²) < 4.78 is 27.2. The average molecular weight is 482 g/mol. The smallest absolute Gasteiger partial charge is 0.222 e. The summed E-state index contributed by atoms with van der Waals surface area (Å²) in [6, 6.07) is 16.0. The Morgan fingerprint density at radius 3 is 2.43 bits per heavy atom. The van der Waals surface area contributed by atoms with E-state index in [2.05, 4.69) is 4.90 Å². The molecule has 4 rings (SSSR count). The zero-order valence-corrected chi connectivity index (χ0v) is 21.1. The van der Waals surface area contributed by atoms with Gasteiger partial charge in [0.25, 0.3) is 0 Å². The van der Waals surface area contributed by atoms with Crippen molar-refractivity contribution in [2.75, 3.05) is 19.7 Å². The molecule has 7 heteroatoms. The van der Waals surface area contributed by atoms with E-state index in [9.17, 15) is 9.50 Å². The Labute approximate surface area is 207 Å². The summed E-state index contributed by atoms with van der Waals surface area (Å²) in [6.07, 6.45) is 1.82. The van der Waals surface area contributed by atoms with E-state index in [1.807, 2.05) is 58.2 Å². The van der Waals surface area contributed by atoms with Crippen molar-refractivity contribution >= 4 is 0 Å². The summed E-state index contributed by atoms with van der Waals surface area (Å²) >= 11 is 0. The van der Waals surface area contributed by atoms with Gasteiger partial charge >= 0.3 is 0 Å². The number of hydrogen-bond donors (Lipinski definition) is 1. The second kappa shape index (κ2) is 10.9. The molecule has 0 amide bonds. The number of benzene rings is 2. The molecule has 0 saturated heterocycles. The van der Waals surface area contributed by atoms with Gasteiger partial charge in [0.1, 0.15) is 17.3 Å². The van der Waals surface area contributed by atoms with Gasteiger partial charge in [0.05, 0.1) is 23.9 Å². The fourth-order valence-corrected chi connectivity index (χ4v) is 4.05. The Bertz CT molecular complexity index is 1090. The molecule has 1 aliphatic rings. The van der Waals surface area contributed by atoms with Crippen LogP contribution < -0.4 is 4.74 Å². The van der Waals surface area contributed by atoms with Crippen molar-refractivity contribution in [2.24, 2.45) is 13.0 Å². The third kappa shape index (κ3) is 7.37. The Kier molecular flexibility index (Phi) is 7.89. The van der Waals surface area contributed by atoms with Gasteiger partial charge in [-0.15, -0.1) is 0 Å². The molecule has 1 aromatic heterocycles. The first kappa shape index (κ1) is 25.4. The number of aromatic nitrogens is 2. The van der Waals surface area contributed by atoms with E-state index in [-0.39, 0.29) is 18.0 Å². The molecule has 35 heavy (non-hydrogen) atoms. The number of hydrogen-bond acceptors (Lipinski definition) is 5. The minimum absolute atomic E-state index is 0.280. The van der Waals surface area contributed by atoms with Crippen molar-refractivity contribution in [2.45, 2.75) is 51.9 Å². The van der Waals surface area contributed by atoms with Crippen LogP contribution in [0.3, 0.4) is 0 Å². The third-order valence-corrected chi connectivity index (χ3v) is 5.94. The van der Waals surface area contributed by atoms with Crippen LogP contribution in [-0.4, -0.2) is 51.2 Å². The summed E-state index contributed by atoms with van der Waals surface area (Å²) in [5.74, 6) is 1.48. The van der Waals surface area contributed by atoms with Crippen molar-refractivity contribution in [3.63, 3.8) is 0 Å². The predicted molar refractivity (Wildman–Crippen MR) is 135 cm³/mol.